The van der Waals surface area contributed by atoms with Gasteiger partial charge in [0.2, 0.25) is 0 Å². The van der Waals surface area contributed by atoms with E-state index in [4.69, 9.17) is 32.7 Å². The molecule has 0 radical (unpaired) electrons. The number of carbonyl (C=O) groups excluding carboxylic acids is 1. The van der Waals surface area contributed by atoms with Crippen LogP contribution in [-0.4, -0.2) is 18.0 Å². The van der Waals surface area contributed by atoms with Crippen LogP contribution in [0.2, 0.25) is 10.0 Å². The Morgan fingerprint density at radius 3 is 2.74 bits per heavy atom. The van der Waals surface area contributed by atoms with Gasteiger partial charge in [0.1, 0.15) is 6.10 Å². The highest BCUT2D eigenvalue weighted by atomic mass is 35.5. The van der Waals surface area contributed by atoms with Crippen molar-refractivity contribution in [1.82, 2.24) is 0 Å². The van der Waals surface area contributed by atoms with Gasteiger partial charge in [-0.1, -0.05) is 53.5 Å². The predicted molar refractivity (Wildman–Crippen MR) is 107 cm³/mol. The molecule has 3 nitrogen and oxygen atoms in total. The lowest BCUT2D eigenvalue weighted by atomic mass is 9.78. The summed E-state index contributed by atoms with van der Waals surface area (Å²) in [7, 11) is 0. The zero-order chi connectivity index (χ0) is 18.8. The molecule has 0 spiro atoms. The van der Waals surface area contributed by atoms with E-state index in [0.717, 1.165) is 24.0 Å². The lowest BCUT2D eigenvalue weighted by Crippen LogP contribution is -2.41. The van der Waals surface area contributed by atoms with Crippen molar-refractivity contribution in [2.45, 2.75) is 38.1 Å². The number of ether oxygens (including phenoxy) is 2. The third-order valence-electron chi connectivity index (χ3n) is 5.25. The lowest BCUT2D eigenvalue weighted by molar-refractivity contribution is -0.128. The van der Waals surface area contributed by atoms with E-state index in [-0.39, 0.29) is 23.9 Å². The first-order chi connectivity index (χ1) is 13.1. The fourth-order valence-electron chi connectivity index (χ4n) is 3.82. The van der Waals surface area contributed by atoms with Crippen LogP contribution in [0.4, 0.5) is 0 Å². The Morgan fingerprint density at radius 1 is 1.07 bits per heavy atom. The van der Waals surface area contributed by atoms with Gasteiger partial charge in [-0.3, -0.25) is 4.79 Å². The number of hydrogen-bond acceptors (Lipinski definition) is 3. The van der Waals surface area contributed by atoms with Crippen molar-refractivity contribution < 1.29 is 14.3 Å². The second-order valence-corrected chi connectivity index (χ2v) is 7.88. The van der Waals surface area contributed by atoms with Crippen molar-refractivity contribution in [2.24, 2.45) is 5.92 Å². The molecule has 1 fully saturated rings. The molecule has 2 aromatic carbocycles. The fraction of sp³-hybridized carbons (Fsp3) is 0.318. The quantitative estimate of drug-likeness (QED) is 0.658. The van der Waals surface area contributed by atoms with Crippen LogP contribution in [-0.2, 0) is 20.9 Å². The molecule has 0 aromatic heterocycles. The second-order valence-electron chi connectivity index (χ2n) is 7.03. The predicted octanol–water partition coefficient (Wildman–Crippen LogP) is 5.69. The van der Waals surface area contributed by atoms with E-state index in [1.54, 1.807) is 12.3 Å². The first kappa shape index (κ1) is 18.5. The molecule has 1 aliphatic heterocycles. The van der Waals surface area contributed by atoms with Gasteiger partial charge in [-0.25, -0.2) is 0 Å². The third-order valence-corrected chi connectivity index (χ3v) is 5.81. The number of hydrogen-bond donors (Lipinski definition) is 0. The molecule has 0 amide bonds. The number of halogens is 2. The number of allylic oxidation sites excluding steroid dienone is 1. The molecule has 27 heavy (non-hydrogen) atoms. The molecule has 140 valence electrons. The Morgan fingerprint density at radius 2 is 1.93 bits per heavy atom. The molecule has 3 atom stereocenters. The molecule has 2 aromatic rings. The first-order valence-corrected chi connectivity index (χ1v) is 9.88. The van der Waals surface area contributed by atoms with Crippen LogP contribution in [0.1, 0.15) is 30.4 Å². The summed E-state index contributed by atoms with van der Waals surface area (Å²) in [6.45, 7) is 0.511. The Balaban J connectivity index is 1.41. The molecule has 0 N–H and O–H groups in total. The Kier molecular flexibility index (Phi) is 5.53. The van der Waals surface area contributed by atoms with Gasteiger partial charge in [-0.2, -0.15) is 0 Å². The number of fused-ring (bicyclic) bond motifs is 1. The summed E-state index contributed by atoms with van der Waals surface area (Å²) in [6, 6.07) is 15.0. The van der Waals surface area contributed by atoms with Crippen LogP contribution < -0.4 is 0 Å². The number of Topliss-reactive ketones (excluding diaryl/α,β-unsaturated/α-hetero) is 1. The zero-order valence-corrected chi connectivity index (χ0v) is 16.2. The topological polar surface area (TPSA) is 35.5 Å². The summed E-state index contributed by atoms with van der Waals surface area (Å²) in [4.78, 5) is 13.0. The van der Waals surface area contributed by atoms with E-state index in [1.807, 2.05) is 42.5 Å². The maximum Gasteiger partial charge on any atom is 0.173 e. The number of ketones is 1. The van der Waals surface area contributed by atoms with Crippen LogP contribution >= 0.6 is 23.2 Å². The average Bonchev–Trinajstić information content (AvgIpc) is 2.67. The molecule has 1 heterocycles. The highest BCUT2D eigenvalue weighted by Crippen LogP contribution is 2.38. The van der Waals surface area contributed by atoms with Gasteiger partial charge < -0.3 is 9.47 Å². The molecular weight excluding hydrogens is 383 g/mol. The molecule has 4 rings (SSSR count). The van der Waals surface area contributed by atoms with Crippen molar-refractivity contribution in [3.05, 3.63) is 76.0 Å². The minimum absolute atomic E-state index is 0.0771. The average molecular weight is 403 g/mol. The fourth-order valence-corrected chi connectivity index (χ4v) is 4.27. The summed E-state index contributed by atoms with van der Waals surface area (Å²) in [6.07, 6.45) is 3.82. The lowest BCUT2D eigenvalue weighted by Gasteiger charge is -2.37. The van der Waals surface area contributed by atoms with Crippen LogP contribution in [0.15, 0.2) is 54.8 Å². The summed E-state index contributed by atoms with van der Waals surface area (Å²) in [5.74, 6) is -0.0140. The van der Waals surface area contributed by atoms with Crippen LogP contribution in [0.25, 0.3) is 5.57 Å². The maximum absolute atomic E-state index is 13.0. The number of rotatable bonds is 4. The molecule has 2 aliphatic rings. The zero-order valence-electron chi connectivity index (χ0n) is 14.7. The van der Waals surface area contributed by atoms with Gasteiger partial charge in [-0.05, 0) is 36.6 Å². The monoisotopic (exact) mass is 402 g/mol. The largest absolute Gasteiger partial charge is 0.496 e. The van der Waals surface area contributed by atoms with Gasteiger partial charge in [0.15, 0.2) is 5.78 Å². The highest BCUT2D eigenvalue weighted by molar-refractivity contribution is 6.35. The van der Waals surface area contributed by atoms with Gasteiger partial charge in [0, 0.05) is 22.0 Å². The molecule has 0 bridgehead atoms. The first-order valence-electron chi connectivity index (χ1n) is 9.12. The van der Waals surface area contributed by atoms with Gasteiger partial charge in [-0.15, -0.1) is 0 Å². The Bertz CT molecular complexity index is 877. The van der Waals surface area contributed by atoms with E-state index in [9.17, 15) is 4.79 Å². The standard InChI is InChI=1S/C22H20Cl2O3/c23-15-5-3-4-14(10-15)12-26-16-8-9-18-21(11-16)27-13-19(22(18)25)17-6-1-2-7-20(17)24/h1-7,10,13,16,18,21H,8-9,11-12H2. The molecule has 1 aliphatic carbocycles. The minimum Gasteiger partial charge on any atom is -0.496 e. The Hall–Kier alpha value is -1.81. The van der Waals surface area contributed by atoms with E-state index < -0.39 is 0 Å². The summed E-state index contributed by atoms with van der Waals surface area (Å²) in [5, 5.41) is 1.27. The van der Waals surface area contributed by atoms with Gasteiger partial charge in [0.05, 0.1) is 30.5 Å². The number of benzene rings is 2. The Labute approximate surface area is 168 Å². The van der Waals surface area contributed by atoms with E-state index in [1.165, 1.54) is 0 Å². The SMILES string of the molecule is O=C1C(c2ccccc2Cl)=COC2CC(OCc3cccc(Cl)c3)CCC12. The van der Waals surface area contributed by atoms with Crippen molar-refractivity contribution in [1.29, 1.82) is 0 Å². The molecule has 5 heteroatoms. The summed E-state index contributed by atoms with van der Waals surface area (Å²) >= 11 is 12.3. The van der Waals surface area contributed by atoms with E-state index in [0.29, 0.717) is 28.6 Å². The van der Waals surface area contributed by atoms with Crippen LogP contribution in [0.5, 0.6) is 0 Å². The molecule has 0 saturated heterocycles. The van der Waals surface area contributed by atoms with E-state index in [2.05, 4.69) is 0 Å². The maximum atomic E-state index is 13.0. The van der Waals surface area contributed by atoms with Crippen LogP contribution in [0.3, 0.4) is 0 Å². The minimum atomic E-state index is -0.137. The van der Waals surface area contributed by atoms with Gasteiger partial charge in [0.25, 0.3) is 0 Å². The van der Waals surface area contributed by atoms with E-state index >= 15 is 0 Å². The molecular formula is C22H20Cl2O3. The highest BCUT2D eigenvalue weighted by Gasteiger charge is 2.40. The smallest absolute Gasteiger partial charge is 0.173 e. The summed E-state index contributed by atoms with van der Waals surface area (Å²) in [5.41, 5.74) is 2.35. The third kappa shape index (κ3) is 4.06. The van der Waals surface area contributed by atoms with Crippen molar-refractivity contribution in [3.63, 3.8) is 0 Å². The number of carbonyl (C=O) groups is 1. The van der Waals surface area contributed by atoms with Crippen LogP contribution in [0, 0.1) is 5.92 Å². The second kappa shape index (κ2) is 8.05. The molecule has 3 unspecified atom stereocenters. The van der Waals surface area contributed by atoms with Crippen molar-refractivity contribution >= 4 is 34.6 Å². The van der Waals surface area contributed by atoms with Crippen molar-refractivity contribution in [3.8, 4) is 0 Å². The van der Waals surface area contributed by atoms with Crippen molar-refractivity contribution in [2.75, 3.05) is 0 Å². The summed E-state index contributed by atoms with van der Waals surface area (Å²) < 4.78 is 12.0. The van der Waals surface area contributed by atoms with Gasteiger partial charge >= 0.3 is 0 Å². The normalized spacial score (nSPS) is 24.7. The molecule has 1 saturated carbocycles.